The second kappa shape index (κ2) is 8.18. The van der Waals surface area contributed by atoms with Crippen molar-refractivity contribution in [1.29, 1.82) is 0 Å². The lowest BCUT2D eigenvalue weighted by Gasteiger charge is -2.34. The monoisotopic (exact) mass is 385 g/mol. The molecule has 2 aliphatic rings. The number of nitrogens with one attached hydrogen (secondary N) is 1. The van der Waals surface area contributed by atoms with Crippen molar-refractivity contribution in [3.63, 3.8) is 0 Å². The summed E-state index contributed by atoms with van der Waals surface area (Å²) < 4.78 is 5.78. The van der Waals surface area contributed by atoms with Crippen LogP contribution in [0.15, 0.2) is 24.3 Å². The number of aromatic carboxylic acids is 1. The van der Waals surface area contributed by atoms with Crippen molar-refractivity contribution in [3.8, 4) is 5.88 Å². The van der Waals surface area contributed by atoms with Crippen LogP contribution in [-0.4, -0.2) is 70.7 Å². The molecule has 0 amide bonds. The minimum atomic E-state index is -1.10. The molecule has 1 saturated carbocycles. The summed E-state index contributed by atoms with van der Waals surface area (Å²) in [6, 6.07) is 9.02. The quantitative estimate of drug-likeness (QED) is 0.816. The number of aromatic amines is 1. The lowest BCUT2D eigenvalue weighted by molar-refractivity contribution is 0.0678. The molecule has 2 fully saturated rings. The number of nitrogens with zero attached hydrogens (tertiary/aromatic N) is 4. The molecule has 150 valence electrons. The van der Waals surface area contributed by atoms with Crippen molar-refractivity contribution in [3.05, 3.63) is 35.5 Å². The molecule has 1 aliphatic carbocycles. The summed E-state index contributed by atoms with van der Waals surface area (Å²) in [5, 5.41) is 18.8. The summed E-state index contributed by atoms with van der Waals surface area (Å²) in [5.74, 6) is -0.487. The molecule has 1 aliphatic heterocycles. The van der Waals surface area contributed by atoms with E-state index < -0.39 is 5.97 Å². The molecule has 0 atom stereocenters. The highest BCUT2D eigenvalue weighted by atomic mass is 16.5. The van der Waals surface area contributed by atoms with E-state index in [4.69, 9.17) is 9.84 Å². The van der Waals surface area contributed by atoms with E-state index >= 15 is 0 Å². The van der Waals surface area contributed by atoms with Gasteiger partial charge in [0.2, 0.25) is 5.69 Å². The fourth-order valence-electron chi connectivity index (χ4n) is 4.13. The van der Waals surface area contributed by atoms with E-state index in [9.17, 15) is 4.79 Å². The molecule has 1 aromatic heterocycles. The van der Waals surface area contributed by atoms with E-state index in [1.807, 2.05) is 0 Å². The van der Waals surface area contributed by atoms with E-state index in [1.165, 1.54) is 11.3 Å². The zero-order valence-corrected chi connectivity index (χ0v) is 16.2. The Morgan fingerprint density at radius 1 is 1.11 bits per heavy atom. The summed E-state index contributed by atoms with van der Waals surface area (Å²) in [7, 11) is 2.17. The van der Waals surface area contributed by atoms with Crippen LogP contribution in [-0.2, 0) is 0 Å². The van der Waals surface area contributed by atoms with Gasteiger partial charge in [0.05, 0.1) is 0 Å². The number of ether oxygens (including phenoxy) is 1. The minimum Gasteiger partial charge on any atom is -0.476 e. The molecule has 8 nitrogen and oxygen atoms in total. The fourth-order valence-corrected chi connectivity index (χ4v) is 4.13. The Morgan fingerprint density at radius 3 is 2.43 bits per heavy atom. The number of hydrogen-bond donors (Lipinski definition) is 2. The summed E-state index contributed by atoms with van der Waals surface area (Å²) in [6.07, 6.45) is 3.81. The molecule has 2 aromatic rings. The molecule has 0 bridgehead atoms. The first kappa shape index (κ1) is 18.7. The van der Waals surface area contributed by atoms with Crippen molar-refractivity contribution >= 4 is 11.7 Å². The van der Waals surface area contributed by atoms with E-state index in [2.05, 4.69) is 56.5 Å². The van der Waals surface area contributed by atoms with E-state index in [-0.39, 0.29) is 17.7 Å². The molecular weight excluding hydrogens is 358 g/mol. The van der Waals surface area contributed by atoms with Gasteiger partial charge < -0.3 is 19.6 Å². The summed E-state index contributed by atoms with van der Waals surface area (Å²) in [4.78, 5) is 15.9. The second-order valence-electron chi connectivity index (χ2n) is 7.77. The van der Waals surface area contributed by atoms with Gasteiger partial charge >= 0.3 is 5.97 Å². The number of carbonyl (C=O) groups is 1. The van der Waals surface area contributed by atoms with Crippen molar-refractivity contribution in [2.24, 2.45) is 0 Å². The van der Waals surface area contributed by atoms with Gasteiger partial charge in [0.15, 0.2) is 0 Å². The smallest absolute Gasteiger partial charge is 0.359 e. The predicted molar refractivity (Wildman–Crippen MR) is 105 cm³/mol. The van der Waals surface area contributed by atoms with Crippen LogP contribution < -0.4 is 9.64 Å². The van der Waals surface area contributed by atoms with Crippen LogP contribution in [0.5, 0.6) is 5.88 Å². The first-order valence-corrected chi connectivity index (χ1v) is 9.94. The number of anilines is 1. The Labute approximate surface area is 164 Å². The Kier molecular flexibility index (Phi) is 5.47. The third-order valence-corrected chi connectivity index (χ3v) is 5.92. The van der Waals surface area contributed by atoms with Crippen LogP contribution >= 0.6 is 0 Å². The number of piperazine rings is 1. The SMILES string of the molecule is CN1CCN(c2ccc(C3CCC(Oc4nn[nH]c4C(=O)O)CC3)cc2)CC1. The van der Waals surface area contributed by atoms with Gasteiger partial charge in [-0.3, -0.25) is 0 Å². The van der Waals surface area contributed by atoms with Gasteiger partial charge in [0.25, 0.3) is 5.88 Å². The molecule has 0 unspecified atom stereocenters. The van der Waals surface area contributed by atoms with Crippen LogP contribution in [0, 0.1) is 0 Å². The molecule has 0 spiro atoms. The van der Waals surface area contributed by atoms with Crippen molar-refractivity contribution < 1.29 is 14.6 Å². The number of likely N-dealkylation sites (N-methyl/N-ethyl adjacent to an activating group) is 1. The first-order valence-electron chi connectivity index (χ1n) is 9.94. The lowest BCUT2D eigenvalue weighted by atomic mass is 9.82. The Bertz CT molecular complexity index is 790. The Morgan fingerprint density at radius 2 is 1.79 bits per heavy atom. The van der Waals surface area contributed by atoms with Gasteiger partial charge in [0.1, 0.15) is 6.10 Å². The zero-order chi connectivity index (χ0) is 19.5. The van der Waals surface area contributed by atoms with Crippen LogP contribution in [0.3, 0.4) is 0 Å². The number of hydrogen-bond acceptors (Lipinski definition) is 6. The summed E-state index contributed by atoms with van der Waals surface area (Å²) >= 11 is 0. The van der Waals surface area contributed by atoms with E-state index in [1.54, 1.807) is 0 Å². The van der Waals surface area contributed by atoms with Gasteiger partial charge in [0, 0.05) is 31.9 Å². The molecule has 8 heteroatoms. The maximum Gasteiger partial charge on any atom is 0.359 e. The third kappa shape index (κ3) is 4.11. The normalized spacial score (nSPS) is 23.5. The van der Waals surface area contributed by atoms with Crippen LogP contribution in [0.2, 0.25) is 0 Å². The molecular formula is C20H27N5O3. The van der Waals surface area contributed by atoms with E-state index in [0.29, 0.717) is 5.92 Å². The van der Waals surface area contributed by atoms with Crippen LogP contribution in [0.25, 0.3) is 0 Å². The molecule has 4 rings (SSSR count). The predicted octanol–water partition coefficient (Wildman–Crippen LogP) is 2.36. The summed E-state index contributed by atoms with van der Waals surface area (Å²) in [5.41, 5.74) is 2.60. The first-order chi connectivity index (χ1) is 13.6. The highest BCUT2D eigenvalue weighted by molar-refractivity contribution is 5.87. The number of H-pyrrole nitrogens is 1. The molecule has 2 heterocycles. The maximum atomic E-state index is 11.1. The lowest BCUT2D eigenvalue weighted by Crippen LogP contribution is -2.44. The van der Waals surface area contributed by atoms with Gasteiger partial charge in [-0.2, -0.15) is 0 Å². The number of carboxylic acid groups (broad SMARTS) is 1. The van der Waals surface area contributed by atoms with Crippen molar-refractivity contribution in [2.75, 3.05) is 38.1 Å². The topological polar surface area (TPSA) is 94.6 Å². The van der Waals surface area contributed by atoms with Crippen molar-refractivity contribution in [2.45, 2.75) is 37.7 Å². The van der Waals surface area contributed by atoms with Gasteiger partial charge in [-0.1, -0.05) is 22.4 Å². The van der Waals surface area contributed by atoms with Crippen LogP contribution in [0.4, 0.5) is 5.69 Å². The highest BCUT2D eigenvalue weighted by Gasteiger charge is 2.26. The second-order valence-corrected chi connectivity index (χ2v) is 7.77. The number of rotatable bonds is 5. The van der Waals surface area contributed by atoms with Gasteiger partial charge in [-0.05, 0) is 56.3 Å². The minimum absolute atomic E-state index is 0.0101. The zero-order valence-electron chi connectivity index (χ0n) is 16.2. The van der Waals surface area contributed by atoms with Gasteiger partial charge in [-0.15, -0.1) is 0 Å². The summed E-state index contributed by atoms with van der Waals surface area (Å²) in [6.45, 7) is 4.39. The number of aromatic nitrogens is 3. The standard InChI is InChI=1S/C20H27N5O3/c1-24-10-12-25(13-11-24)16-6-2-14(3-7-16)15-4-8-17(9-5-15)28-19-18(20(26)27)21-23-22-19/h2-3,6-7,15,17H,4-5,8-13H2,1H3,(H,26,27)(H,21,22,23). The van der Waals surface area contributed by atoms with E-state index in [0.717, 1.165) is 51.9 Å². The number of carboxylic acids is 1. The van der Waals surface area contributed by atoms with Crippen LogP contribution in [0.1, 0.15) is 47.7 Å². The Hall–Kier alpha value is -2.61. The Balaban J connectivity index is 1.31. The van der Waals surface area contributed by atoms with Crippen molar-refractivity contribution in [1.82, 2.24) is 20.3 Å². The molecule has 0 radical (unpaired) electrons. The molecule has 28 heavy (non-hydrogen) atoms. The average molecular weight is 385 g/mol. The highest BCUT2D eigenvalue weighted by Crippen LogP contribution is 2.35. The fraction of sp³-hybridized carbons (Fsp3) is 0.550. The average Bonchev–Trinajstić information content (AvgIpc) is 3.18. The van der Waals surface area contributed by atoms with Gasteiger partial charge in [-0.25, -0.2) is 9.89 Å². The molecule has 2 N–H and O–H groups in total. The third-order valence-electron chi connectivity index (χ3n) is 5.92. The molecule has 1 saturated heterocycles. The largest absolute Gasteiger partial charge is 0.476 e. The molecule has 1 aromatic carbocycles. The maximum absolute atomic E-state index is 11.1. The number of benzene rings is 1.